The molecular weight excluding hydrogens is 435 g/mol. The fourth-order valence-electron chi connectivity index (χ4n) is 2.53. The number of hydrogen-bond acceptors (Lipinski definition) is 3. The molecule has 0 amide bonds. The van der Waals surface area contributed by atoms with Crippen molar-refractivity contribution in [3.8, 4) is 17.2 Å². The zero-order chi connectivity index (χ0) is 21.3. The van der Waals surface area contributed by atoms with E-state index in [2.05, 4.69) is 0 Å². The molecule has 0 aromatic heterocycles. The van der Waals surface area contributed by atoms with E-state index in [9.17, 15) is 22.4 Å². The number of halogens is 6. The first kappa shape index (κ1) is 21.2. The minimum atomic E-state index is -4.73. The summed E-state index contributed by atoms with van der Waals surface area (Å²) in [7, 11) is 0. The summed E-state index contributed by atoms with van der Waals surface area (Å²) < 4.78 is 63.2. The van der Waals surface area contributed by atoms with Crippen molar-refractivity contribution in [3.63, 3.8) is 0 Å². The topological polar surface area (TPSA) is 35.5 Å². The molecule has 1 unspecified atom stereocenters. The zero-order valence-electron chi connectivity index (χ0n) is 14.7. The van der Waals surface area contributed by atoms with E-state index in [1.54, 1.807) is 24.3 Å². The summed E-state index contributed by atoms with van der Waals surface area (Å²) in [6.07, 6.45) is -5.59. The summed E-state index contributed by atoms with van der Waals surface area (Å²) in [5.74, 6) is -1.24. The van der Waals surface area contributed by atoms with Gasteiger partial charge in [-0.2, -0.15) is 13.2 Å². The highest BCUT2D eigenvalue weighted by molar-refractivity contribution is 6.64. The van der Waals surface area contributed by atoms with E-state index in [4.69, 9.17) is 32.7 Å². The Balaban J connectivity index is 1.91. The van der Waals surface area contributed by atoms with Crippen molar-refractivity contribution in [2.45, 2.75) is 19.2 Å². The molecule has 1 atom stereocenters. The van der Waals surface area contributed by atoms with Crippen LogP contribution in [0.5, 0.6) is 17.2 Å². The molecule has 0 spiro atoms. The van der Waals surface area contributed by atoms with E-state index >= 15 is 0 Å². The third-order valence-electron chi connectivity index (χ3n) is 3.96. The lowest BCUT2D eigenvalue weighted by Gasteiger charge is -2.14. The molecule has 0 aliphatic carbocycles. The maximum Gasteiger partial charge on any atom is 0.416 e. The summed E-state index contributed by atoms with van der Waals surface area (Å²) in [5, 5.41) is 0.241. The van der Waals surface area contributed by atoms with Crippen LogP contribution >= 0.6 is 23.2 Å². The molecule has 9 heteroatoms. The number of fused-ring (bicyclic) bond motifs is 1. The Bertz CT molecular complexity index is 1060. The maximum atomic E-state index is 14.2. The molecule has 0 aliphatic heterocycles. The lowest BCUT2D eigenvalue weighted by Crippen LogP contribution is -2.18. The van der Waals surface area contributed by atoms with Crippen molar-refractivity contribution in [1.82, 2.24) is 0 Å². The summed E-state index contributed by atoms with van der Waals surface area (Å²) in [6.45, 7) is 1.49. The van der Waals surface area contributed by atoms with Gasteiger partial charge >= 0.3 is 6.18 Å². The monoisotopic (exact) mass is 446 g/mol. The van der Waals surface area contributed by atoms with Crippen LogP contribution in [0.3, 0.4) is 0 Å². The molecular formula is C20H12Cl2F4O3. The number of benzene rings is 3. The van der Waals surface area contributed by atoms with Gasteiger partial charge in [-0.05, 0) is 65.7 Å². The molecule has 152 valence electrons. The third kappa shape index (κ3) is 4.92. The van der Waals surface area contributed by atoms with Crippen LogP contribution in [-0.2, 0) is 11.0 Å². The van der Waals surface area contributed by atoms with E-state index in [1.165, 1.54) is 19.1 Å². The van der Waals surface area contributed by atoms with Crippen molar-refractivity contribution in [1.29, 1.82) is 0 Å². The molecule has 3 aromatic carbocycles. The summed E-state index contributed by atoms with van der Waals surface area (Å²) in [6, 6.07) is 10.6. The molecule has 0 aliphatic rings. The van der Waals surface area contributed by atoms with Gasteiger partial charge in [0.15, 0.2) is 17.7 Å². The molecule has 29 heavy (non-hydrogen) atoms. The number of hydrogen-bond donors (Lipinski definition) is 0. The first-order valence-electron chi connectivity index (χ1n) is 8.18. The highest BCUT2D eigenvalue weighted by Gasteiger charge is 2.32. The van der Waals surface area contributed by atoms with Gasteiger partial charge in [-0.15, -0.1) is 0 Å². The van der Waals surface area contributed by atoms with Crippen LogP contribution in [0.4, 0.5) is 17.6 Å². The first-order valence-corrected chi connectivity index (χ1v) is 8.94. The number of alkyl halides is 3. The SMILES string of the molecule is CC(Oc1ccc2ccc(Oc3c(F)cc(C(F)(F)F)cc3Cl)cc2c1)C(=O)Cl. The maximum absolute atomic E-state index is 14.2. The molecule has 3 rings (SSSR count). The van der Waals surface area contributed by atoms with Gasteiger partial charge in [-0.3, -0.25) is 4.79 Å². The van der Waals surface area contributed by atoms with Crippen molar-refractivity contribution in [2.24, 2.45) is 0 Å². The number of carbonyl (C=O) groups is 1. The van der Waals surface area contributed by atoms with Gasteiger partial charge in [-0.25, -0.2) is 4.39 Å². The third-order valence-corrected chi connectivity index (χ3v) is 4.55. The van der Waals surface area contributed by atoms with E-state index < -0.39 is 39.7 Å². The predicted octanol–water partition coefficient (Wildman–Crippen LogP) is 6.98. The smallest absolute Gasteiger partial charge is 0.416 e. The molecule has 3 aromatic rings. The average molecular weight is 447 g/mol. The van der Waals surface area contributed by atoms with Crippen LogP contribution < -0.4 is 9.47 Å². The van der Waals surface area contributed by atoms with Crippen LogP contribution in [0.25, 0.3) is 10.8 Å². The van der Waals surface area contributed by atoms with Crippen molar-refractivity contribution >= 4 is 39.2 Å². The Morgan fingerprint density at radius 2 is 1.62 bits per heavy atom. The zero-order valence-corrected chi connectivity index (χ0v) is 16.2. The standard InChI is InChI=1S/C20H12Cl2F4O3/c1-10(19(22)27)28-14-4-2-11-3-5-15(7-12(11)6-14)29-18-16(21)8-13(9-17(18)23)20(24,25)26/h2-10H,1H3. The second kappa shape index (κ2) is 8.08. The van der Waals surface area contributed by atoms with Gasteiger partial charge in [0, 0.05) is 0 Å². The largest absolute Gasteiger partial charge is 0.482 e. The Kier molecular flexibility index (Phi) is 5.91. The van der Waals surface area contributed by atoms with Crippen molar-refractivity contribution < 1.29 is 31.8 Å². The Labute approximate surface area is 172 Å². The molecule has 0 saturated heterocycles. The highest BCUT2D eigenvalue weighted by Crippen LogP contribution is 2.39. The Morgan fingerprint density at radius 3 is 2.21 bits per heavy atom. The number of carbonyl (C=O) groups excluding carboxylic acids is 1. The second-order valence-electron chi connectivity index (χ2n) is 6.10. The molecule has 0 radical (unpaired) electrons. The van der Waals surface area contributed by atoms with Crippen molar-refractivity contribution in [3.05, 3.63) is 64.9 Å². The van der Waals surface area contributed by atoms with Crippen molar-refractivity contribution in [2.75, 3.05) is 0 Å². The normalized spacial score (nSPS) is 12.7. The quantitative estimate of drug-likeness (QED) is 0.313. The molecule has 0 bridgehead atoms. The summed E-state index contributed by atoms with van der Waals surface area (Å²) >= 11 is 11.2. The first-order chi connectivity index (χ1) is 13.5. The lowest BCUT2D eigenvalue weighted by atomic mass is 10.1. The molecule has 3 nitrogen and oxygen atoms in total. The Morgan fingerprint density at radius 1 is 1.00 bits per heavy atom. The van der Waals surface area contributed by atoms with E-state index in [1.807, 2.05) is 0 Å². The van der Waals surface area contributed by atoms with Crippen LogP contribution in [0.1, 0.15) is 12.5 Å². The fourth-order valence-corrected chi connectivity index (χ4v) is 2.82. The van der Waals surface area contributed by atoms with Gasteiger partial charge in [0.25, 0.3) is 5.24 Å². The van der Waals surface area contributed by atoms with Crippen LogP contribution in [0.2, 0.25) is 5.02 Å². The molecule has 0 N–H and O–H groups in total. The van der Waals surface area contributed by atoms with Crippen LogP contribution in [-0.4, -0.2) is 11.3 Å². The fraction of sp³-hybridized carbons (Fsp3) is 0.150. The molecule has 0 fully saturated rings. The lowest BCUT2D eigenvalue weighted by molar-refractivity contribution is -0.137. The van der Waals surface area contributed by atoms with Crippen LogP contribution in [0, 0.1) is 5.82 Å². The van der Waals surface area contributed by atoms with E-state index in [-0.39, 0.29) is 5.75 Å². The van der Waals surface area contributed by atoms with Gasteiger partial charge in [-0.1, -0.05) is 23.7 Å². The number of ether oxygens (including phenoxy) is 2. The summed E-state index contributed by atoms with van der Waals surface area (Å²) in [5.41, 5.74) is -1.21. The van der Waals surface area contributed by atoms with Gasteiger partial charge in [0.05, 0.1) is 10.6 Å². The molecule has 0 saturated carbocycles. The minimum absolute atomic E-state index is 0.150. The van der Waals surface area contributed by atoms with Gasteiger partial charge in [0.1, 0.15) is 11.5 Å². The van der Waals surface area contributed by atoms with E-state index in [0.717, 1.165) is 5.39 Å². The number of rotatable bonds is 5. The minimum Gasteiger partial charge on any atom is -0.482 e. The summed E-state index contributed by atoms with van der Waals surface area (Å²) in [4.78, 5) is 11.1. The Hall–Kier alpha value is -2.51. The average Bonchev–Trinajstić information content (AvgIpc) is 2.63. The highest BCUT2D eigenvalue weighted by atomic mass is 35.5. The molecule has 0 heterocycles. The van der Waals surface area contributed by atoms with Gasteiger partial charge < -0.3 is 9.47 Å². The van der Waals surface area contributed by atoms with Gasteiger partial charge in [0.2, 0.25) is 0 Å². The van der Waals surface area contributed by atoms with Crippen LogP contribution in [0.15, 0.2) is 48.5 Å². The second-order valence-corrected chi connectivity index (χ2v) is 6.88. The predicted molar refractivity (Wildman–Crippen MR) is 101 cm³/mol. The van der Waals surface area contributed by atoms with E-state index in [0.29, 0.717) is 23.3 Å².